The molecule has 2 aromatic rings. The van der Waals surface area contributed by atoms with Crippen LogP contribution >= 0.6 is 0 Å². The first-order valence-corrected chi connectivity index (χ1v) is 4.40. The van der Waals surface area contributed by atoms with E-state index >= 15 is 0 Å². The minimum absolute atomic E-state index is 0. The normalized spacial score (nSPS) is 8.13. The lowest BCUT2D eigenvalue weighted by atomic mass is 10.1. The fourth-order valence-corrected chi connectivity index (χ4v) is 1.26. The number of hydrogen-bond acceptors (Lipinski definition) is 2. The zero-order valence-corrected chi connectivity index (χ0v) is 8.43. The Morgan fingerprint density at radius 3 is 1.07 bits per heavy atom. The van der Waals surface area contributed by atoms with Crippen molar-refractivity contribution in [1.29, 1.82) is 0 Å². The van der Waals surface area contributed by atoms with Crippen LogP contribution in [-0.2, 0) is 0 Å². The number of hydrazine groups is 1. The second-order valence-corrected chi connectivity index (χ2v) is 2.73. The molecule has 2 aromatic carbocycles. The summed E-state index contributed by atoms with van der Waals surface area (Å²) < 4.78 is 0. The van der Waals surface area contributed by atoms with Gasteiger partial charge in [-0.25, -0.2) is 0 Å². The molecule has 0 amide bonds. The summed E-state index contributed by atoms with van der Waals surface area (Å²) in [6.07, 6.45) is 0. The van der Waals surface area contributed by atoms with E-state index in [1.54, 1.807) is 0 Å². The van der Waals surface area contributed by atoms with Crippen LogP contribution in [0.2, 0.25) is 0 Å². The van der Waals surface area contributed by atoms with Gasteiger partial charge in [-0.3, -0.25) is 11.7 Å². The molecule has 80 valence electrons. The highest BCUT2D eigenvalue weighted by molar-refractivity contribution is 5.62. The molecule has 0 radical (unpaired) electrons. The van der Waals surface area contributed by atoms with Crippen LogP contribution in [0.25, 0.3) is 11.1 Å². The highest BCUT2D eigenvalue weighted by atomic mass is 16.0. The van der Waals surface area contributed by atoms with Gasteiger partial charge in [-0.2, -0.15) is 0 Å². The molecule has 0 unspecified atom stereocenters. The monoisotopic (exact) mass is 204 g/mol. The van der Waals surface area contributed by atoms with Crippen LogP contribution in [0.1, 0.15) is 0 Å². The zero-order valence-electron chi connectivity index (χ0n) is 8.43. The predicted octanol–water partition coefficient (Wildman–Crippen LogP) is 1.35. The summed E-state index contributed by atoms with van der Waals surface area (Å²) in [5.41, 5.74) is 2.55. The van der Waals surface area contributed by atoms with E-state index in [-0.39, 0.29) is 5.48 Å². The first-order valence-electron chi connectivity index (χ1n) is 4.40. The van der Waals surface area contributed by atoms with Crippen molar-refractivity contribution in [3.8, 4) is 11.1 Å². The molecule has 15 heavy (non-hydrogen) atoms. The number of hydrogen-bond donors (Lipinski definition) is 2. The van der Waals surface area contributed by atoms with Crippen LogP contribution in [0.4, 0.5) is 0 Å². The Kier molecular flexibility index (Phi) is 6.84. The van der Waals surface area contributed by atoms with Gasteiger partial charge >= 0.3 is 0 Å². The Balaban J connectivity index is 0.000000617. The van der Waals surface area contributed by atoms with E-state index in [1.807, 2.05) is 12.1 Å². The van der Waals surface area contributed by atoms with Gasteiger partial charge in [-0.1, -0.05) is 60.7 Å². The number of benzene rings is 2. The maximum Gasteiger partial charge on any atom is -0.0184 e. The van der Waals surface area contributed by atoms with Crippen LogP contribution in [0.5, 0.6) is 0 Å². The van der Waals surface area contributed by atoms with Crippen molar-refractivity contribution < 1.29 is 5.48 Å². The van der Waals surface area contributed by atoms with Crippen molar-refractivity contribution >= 4 is 0 Å². The molecule has 0 aromatic heterocycles. The number of nitrogens with two attached hydrogens (primary N) is 2. The molecule has 3 heteroatoms. The molecular weight excluding hydrogens is 188 g/mol. The fraction of sp³-hybridized carbons (Fsp3) is 0. The van der Waals surface area contributed by atoms with Gasteiger partial charge < -0.3 is 5.48 Å². The summed E-state index contributed by atoms with van der Waals surface area (Å²) in [6.45, 7) is 0. The molecule has 0 bridgehead atoms. The summed E-state index contributed by atoms with van der Waals surface area (Å²) in [6, 6.07) is 20.8. The van der Waals surface area contributed by atoms with Gasteiger partial charge in [0, 0.05) is 0 Å². The molecule has 0 saturated carbocycles. The third-order valence-electron chi connectivity index (χ3n) is 1.88. The van der Waals surface area contributed by atoms with Crippen LogP contribution in [-0.4, -0.2) is 5.48 Å². The Labute approximate surface area is 89.6 Å². The quantitative estimate of drug-likeness (QED) is 0.542. The lowest BCUT2D eigenvalue weighted by Gasteiger charge is -1.98. The van der Waals surface area contributed by atoms with Crippen molar-refractivity contribution in [1.82, 2.24) is 0 Å². The minimum Gasteiger partial charge on any atom is -0.412 e. The van der Waals surface area contributed by atoms with Crippen LogP contribution in [0, 0.1) is 0 Å². The molecular formula is C12H16N2O. The maximum absolute atomic E-state index is 4.00. The van der Waals surface area contributed by atoms with Gasteiger partial charge in [0.25, 0.3) is 0 Å². The second-order valence-electron chi connectivity index (χ2n) is 2.73. The van der Waals surface area contributed by atoms with Gasteiger partial charge in [0.1, 0.15) is 0 Å². The largest absolute Gasteiger partial charge is 0.412 e. The second kappa shape index (κ2) is 7.70. The molecule has 0 spiro atoms. The molecule has 0 aliphatic carbocycles. The minimum atomic E-state index is 0. The molecule has 0 fully saturated rings. The summed E-state index contributed by atoms with van der Waals surface area (Å²) in [5, 5.41) is 0. The van der Waals surface area contributed by atoms with Gasteiger partial charge in [-0.15, -0.1) is 0 Å². The first-order chi connectivity index (χ1) is 6.97. The molecule has 0 saturated heterocycles. The van der Waals surface area contributed by atoms with E-state index in [0.717, 1.165) is 0 Å². The average molecular weight is 204 g/mol. The number of rotatable bonds is 1. The molecule has 0 atom stereocenters. The van der Waals surface area contributed by atoms with E-state index in [0.29, 0.717) is 0 Å². The topological polar surface area (TPSA) is 83.5 Å². The van der Waals surface area contributed by atoms with Crippen LogP contribution < -0.4 is 11.7 Å². The van der Waals surface area contributed by atoms with Crippen molar-refractivity contribution in [3.63, 3.8) is 0 Å². The molecule has 0 aliphatic rings. The van der Waals surface area contributed by atoms with Gasteiger partial charge in [0.2, 0.25) is 0 Å². The standard InChI is InChI=1S/C12H10.H4N2.H2O/c1-3-7-11(8-4-1)12-9-5-2-6-10-12;1-2;/h1-10H;1-2H2;1H2. The predicted molar refractivity (Wildman–Crippen MR) is 63.9 cm³/mol. The summed E-state index contributed by atoms with van der Waals surface area (Å²) in [4.78, 5) is 0. The van der Waals surface area contributed by atoms with Crippen molar-refractivity contribution in [3.05, 3.63) is 60.7 Å². The Bertz CT molecular complexity index is 311. The van der Waals surface area contributed by atoms with Crippen molar-refractivity contribution in [2.24, 2.45) is 11.7 Å². The third kappa shape index (κ3) is 3.91. The van der Waals surface area contributed by atoms with Gasteiger partial charge in [0.15, 0.2) is 0 Å². The van der Waals surface area contributed by atoms with E-state index < -0.39 is 0 Å². The summed E-state index contributed by atoms with van der Waals surface area (Å²) in [7, 11) is 0. The van der Waals surface area contributed by atoms with E-state index in [1.165, 1.54) is 11.1 Å². The molecule has 6 N–H and O–H groups in total. The van der Waals surface area contributed by atoms with Gasteiger partial charge in [-0.05, 0) is 11.1 Å². The Hall–Kier alpha value is -1.68. The third-order valence-corrected chi connectivity index (χ3v) is 1.88. The smallest absolute Gasteiger partial charge is 0.0184 e. The van der Waals surface area contributed by atoms with Crippen molar-refractivity contribution in [2.75, 3.05) is 0 Å². The fourth-order valence-electron chi connectivity index (χ4n) is 1.26. The Morgan fingerprint density at radius 2 is 0.800 bits per heavy atom. The lowest BCUT2D eigenvalue weighted by Crippen LogP contribution is -2.02. The molecule has 0 heterocycles. The van der Waals surface area contributed by atoms with Crippen LogP contribution in [0.3, 0.4) is 0 Å². The summed E-state index contributed by atoms with van der Waals surface area (Å²) in [5.74, 6) is 8.00. The first kappa shape index (κ1) is 13.3. The average Bonchev–Trinajstić information content (AvgIpc) is 2.34. The van der Waals surface area contributed by atoms with E-state index in [4.69, 9.17) is 0 Å². The highest BCUT2D eigenvalue weighted by Gasteiger charge is 1.91. The summed E-state index contributed by atoms with van der Waals surface area (Å²) >= 11 is 0. The maximum atomic E-state index is 4.00. The van der Waals surface area contributed by atoms with E-state index in [2.05, 4.69) is 60.2 Å². The van der Waals surface area contributed by atoms with E-state index in [9.17, 15) is 0 Å². The SMILES string of the molecule is NN.O.c1ccc(-c2ccccc2)cc1. The molecule has 3 nitrogen and oxygen atoms in total. The van der Waals surface area contributed by atoms with Crippen LogP contribution in [0.15, 0.2) is 60.7 Å². The zero-order chi connectivity index (χ0) is 10.2. The molecule has 2 rings (SSSR count). The van der Waals surface area contributed by atoms with Crippen molar-refractivity contribution in [2.45, 2.75) is 0 Å². The lowest BCUT2D eigenvalue weighted by molar-refractivity contribution is 0.824. The van der Waals surface area contributed by atoms with Gasteiger partial charge in [0.05, 0.1) is 0 Å². The Morgan fingerprint density at radius 1 is 0.533 bits per heavy atom. The highest BCUT2D eigenvalue weighted by Crippen LogP contribution is 2.17. The molecule has 0 aliphatic heterocycles.